The SMILES string of the molecule is CCc1ccc(NC(=O)CCCCCCCCCCc2ccnc(-c3cc(C)ccn3)c2)cc1.[Ru+2].c1ccc(-c2ccccn2)nc1.c1ccc(-c2ccccn2)nc1. The van der Waals surface area contributed by atoms with Crippen molar-refractivity contribution in [2.24, 2.45) is 0 Å². The number of carbonyl (C=O) groups excluding carboxylic acids is 1. The van der Waals surface area contributed by atoms with Gasteiger partial charge in [0.05, 0.1) is 34.2 Å². The summed E-state index contributed by atoms with van der Waals surface area (Å²) in [5.41, 5.74) is 10.3. The fourth-order valence-electron chi connectivity index (χ4n) is 6.23. The minimum atomic E-state index is 0. The van der Waals surface area contributed by atoms with Crippen LogP contribution in [0.25, 0.3) is 34.2 Å². The summed E-state index contributed by atoms with van der Waals surface area (Å²) in [7, 11) is 0. The van der Waals surface area contributed by atoms with Crippen molar-refractivity contribution in [1.29, 1.82) is 0 Å². The van der Waals surface area contributed by atoms with E-state index in [1.54, 1.807) is 24.8 Å². The summed E-state index contributed by atoms with van der Waals surface area (Å²) in [4.78, 5) is 37.8. The third kappa shape index (κ3) is 17.3. The number of unbranched alkanes of at least 4 members (excludes halogenated alkanes) is 7. The van der Waals surface area contributed by atoms with Crippen LogP contribution in [0.4, 0.5) is 5.69 Å². The molecule has 59 heavy (non-hydrogen) atoms. The van der Waals surface area contributed by atoms with E-state index >= 15 is 0 Å². The number of nitrogens with one attached hydrogen (secondary N) is 1. The number of aryl methyl sites for hydroxylation is 3. The zero-order valence-electron chi connectivity index (χ0n) is 34.2. The molecule has 1 aromatic carbocycles. The summed E-state index contributed by atoms with van der Waals surface area (Å²) in [6.07, 6.45) is 23.2. The minimum absolute atomic E-state index is 0. The van der Waals surface area contributed by atoms with Crippen molar-refractivity contribution in [2.75, 3.05) is 5.32 Å². The van der Waals surface area contributed by atoms with E-state index in [2.05, 4.69) is 79.4 Å². The first-order valence-corrected chi connectivity index (χ1v) is 20.5. The van der Waals surface area contributed by atoms with Crippen molar-refractivity contribution in [3.8, 4) is 34.2 Å². The number of rotatable bonds is 16. The van der Waals surface area contributed by atoms with Crippen LogP contribution in [-0.2, 0) is 37.1 Å². The molecule has 7 rings (SSSR count). The van der Waals surface area contributed by atoms with Crippen molar-refractivity contribution in [2.45, 2.75) is 84.5 Å². The molecule has 0 radical (unpaired) electrons. The zero-order chi connectivity index (χ0) is 40.5. The Balaban J connectivity index is 0.000000247. The Morgan fingerprint density at radius 2 is 0.898 bits per heavy atom. The molecule has 302 valence electrons. The Hall–Kier alpha value is -5.79. The summed E-state index contributed by atoms with van der Waals surface area (Å²) in [5.74, 6) is 0.127. The summed E-state index contributed by atoms with van der Waals surface area (Å²) >= 11 is 0. The molecule has 0 aliphatic carbocycles. The Labute approximate surface area is 363 Å². The van der Waals surface area contributed by atoms with Gasteiger partial charge in [0, 0.05) is 49.3 Å². The molecular weight excluding hydrogens is 816 g/mol. The van der Waals surface area contributed by atoms with Gasteiger partial charge >= 0.3 is 19.5 Å². The van der Waals surface area contributed by atoms with E-state index in [1.807, 2.05) is 103 Å². The average molecular weight is 871 g/mol. The van der Waals surface area contributed by atoms with Gasteiger partial charge < -0.3 is 5.32 Å². The predicted octanol–water partition coefficient (Wildman–Crippen LogP) is 12.0. The summed E-state index contributed by atoms with van der Waals surface area (Å²) < 4.78 is 0. The van der Waals surface area contributed by atoms with Crippen molar-refractivity contribution in [1.82, 2.24) is 29.9 Å². The van der Waals surface area contributed by atoms with E-state index in [1.165, 1.54) is 55.2 Å². The molecule has 9 heteroatoms. The second-order valence-electron chi connectivity index (χ2n) is 14.1. The Morgan fingerprint density at radius 1 is 0.458 bits per heavy atom. The van der Waals surface area contributed by atoms with Gasteiger partial charge in [-0.15, -0.1) is 0 Å². The molecule has 0 spiro atoms. The molecule has 1 amide bonds. The summed E-state index contributed by atoms with van der Waals surface area (Å²) in [5, 5.41) is 3.00. The first-order valence-electron chi connectivity index (χ1n) is 20.5. The maximum absolute atomic E-state index is 12.1. The number of aromatic nitrogens is 6. The standard InChI is InChI=1S/C30H39N3O.2C10H8N2.Ru/c1-3-25-14-16-27(17-15-25)33-30(34)13-11-9-7-5-4-6-8-10-12-26-19-21-32-29(23-26)28-22-24(2)18-20-31-28;2*1-3-7-11-9(5-1)10-6-2-4-8-12-10;/h14-23H,3-13H2,1-2H3,(H,33,34);2*1-8H;/q;;;+2. The normalized spacial score (nSPS) is 10.2. The predicted molar refractivity (Wildman–Crippen MR) is 237 cm³/mol. The Morgan fingerprint density at radius 3 is 1.36 bits per heavy atom. The number of hydrogen-bond acceptors (Lipinski definition) is 7. The van der Waals surface area contributed by atoms with Gasteiger partial charge in [-0.25, -0.2) is 0 Å². The topological polar surface area (TPSA) is 106 Å². The van der Waals surface area contributed by atoms with Gasteiger partial charge in [-0.05, 0) is 134 Å². The molecule has 0 unspecified atom stereocenters. The van der Waals surface area contributed by atoms with Crippen molar-refractivity contribution >= 4 is 11.6 Å². The van der Waals surface area contributed by atoms with Gasteiger partial charge in [0.2, 0.25) is 5.91 Å². The maximum Gasteiger partial charge on any atom is 2.00 e. The number of carbonyl (C=O) groups is 1. The molecular formula is C50H55N7ORu+2. The van der Waals surface area contributed by atoms with Gasteiger partial charge in [0.15, 0.2) is 0 Å². The van der Waals surface area contributed by atoms with Gasteiger partial charge in [-0.3, -0.25) is 34.7 Å². The van der Waals surface area contributed by atoms with E-state index in [9.17, 15) is 4.79 Å². The van der Waals surface area contributed by atoms with E-state index in [4.69, 9.17) is 0 Å². The van der Waals surface area contributed by atoms with Gasteiger partial charge in [0.25, 0.3) is 0 Å². The van der Waals surface area contributed by atoms with Crippen molar-refractivity contribution in [3.63, 3.8) is 0 Å². The minimum Gasteiger partial charge on any atom is -0.326 e. The molecule has 6 aromatic heterocycles. The summed E-state index contributed by atoms with van der Waals surface area (Å²) in [6, 6.07) is 39.7. The molecule has 8 nitrogen and oxygen atoms in total. The zero-order valence-corrected chi connectivity index (χ0v) is 36.0. The second-order valence-corrected chi connectivity index (χ2v) is 14.1. The number of nitrogens with zero attached hydrogens (tertiary/aromatic N) is 6. The first-order chi connectivity index (χ1) is 28.6. The Bertz CT molecular complexity index is 2020. The van der Waals surface area contributed by atoms with E-state index in [-0.39, 0.29) is 25.4 Å². The Kier molecular flexibility index (Phi) is 21.0. The number of pyridine rings is 6. The third-order valence-electron chi connectivity index (χ3n) is 9.45. The van der Waals surface area contributed by atoms with Crippen LogP contribution in [0.3, 0.4) is 0 Å². The maximum atomic E-state index is 12.1. The van der Waals surface area contributed by atoms with Gasteiger partial charge in [-0.2, -0.15) is 0 Å². The molecule has 0 saturated carbocycles. The number of benzene rings is 1. The van der Waals surface area contributed by atoms with Crippen LogP contribution in [0.5, 0.6) is 0 Å². The number of hydrogen-bond donors (Lipinski definition) is 1. The molecule has 7 aromatic rings. The van der Waals surface area contributed by atoms with E-state index in [0.29, 0.717) is 6.42 Å². The molecule has 0 saturated heterocycles. The second kappa shape index (κ2) is 27.0. The van der Waals surface area contributed by atoms with Crippen molar-refractivity contribution < 1.29 is 24.3 Å². The van der Waals surface area contributed by atoms with Gasteiger partial charge in [0.1, 0.15) is 0 Å². The van der Waals surface area contributed by atoms with Crippen molar-refractivity contribution in [3.05, 3.63) is 175 Å². The van der Waals surface area contributed by atoms with Crippen LogP contribution in [-0.4, -0.2) is 35.8 Å². The molecule has 0 atom stereocenters. The number of amides is 1. The average Bonchev–Trinajstić information content (AvgIpc) is 3.29. The molecule has 0 aliphatic rings. The van der Waals surface area contributed by atoms with Crippen LogP contribution in [0.15, 0.2) is 159 Å². The molecule has 1 N–H and O–H groups in total. The first kappa shape index (κ1) is 45.9. The molecule has 0 bridgehead atoms. The van der Waals surface area contributed by atoms with Gasteiger partial charge in [-0.1, -0.05) is 81.8 Å². The van der Waals surface area contributed by atoms with Crippen LogP contribution in [0.2, 0.25) is 0 Å². The van der Waals surface area contributed by atoms with Crippen LogP contribution in [0, 0.1) is 6.92 Å². The largest absolute Gasteiger partial charge is 2.00 e. The molecule has 0 fully saturated rings. The molecule has 0 aliphatic heterocycles. The van der Waals surface area contributed by atoms with E-state index < -0.39 is 0 Å². The smallest absolute Gasteiger partial charge is 0.326 e. The third-order valence-corrected chi connectivity index (χ3v) is 9.45. The monoisotopic (exact) mass is 871 g/mol. The number of anilines is 1. The fraction of sp³-hybridized carbons (Fsp3) is 0.260. The summed E-state index contributed by atoms with van der Waals surface area (Å²) in [6.45, 7) is 4.22. The van der Waals surface area contributed by atoms with Crippen LogP contribution < -0.4 is 5.32 Å². The fourth-order valence-corrected chi connectivity index (χ4v) is 6.23. The van der Waals surface area contributed by atoms with Crippen LogP contribution in [0.1, 0.15) is 81.4 Å². The van der Waals surface area contributed by atoms with E-state index in [0.717, 1.165) is 65.5 Å². The van der Waals surface area contributed by atoms with Crippen LogP contribution >= 0.6 is 0 Å². The molecule has 6 heterocycles. The quantitative estimate of drug-likeness (QED) is 0.0761.